The Morgan fingerprint density at radius 3 is 2.67 bits per heavy atom. The third-order valence-electron chi connectivity index (χ3n) is 2.88. The maximum Gasteiger partial charge on any atom is 0.261 e. The molecule has 0 aliphatic heterocycles. The van der Waals surface area contributed by atoms with Crippen LogP contribution in [0.4, 0.5) is 0 Å². The first-order chi connectivity index (χ1) is 7.06. The first-order valence-corrected chi connectivity index (χ1v) is 6.96. The summed E-state index contributed by atoms with van der Waals surface area (Å²) in [6.07, 6.45) is 2.18. The Balaban J connectivity index is 2.08. The maximum absolute atomic E-state index is 11.9. The molecule has 1 aromatic heterocycles. The molecule has 0 aromatic carbocycles. The van der Waals surface area contributed by atoms with Crippen LogP contribution < -0.4 is 5.32 Å². The summed E-state index contributed by atoms with van der Waals surface area (Å²) in [4.78, 5) is 14.0. The second-order valence-electron chi connectivity index (χ2n) is 4.22. The minimum absolute atomic E-state index is 0.0445. The van der Waals surface area contributed by atoms with Crippen molar-refractivity contribution in [3.8, 4) is 0 Å². The van der Waals surface area contributed by atoms with Crippen molar-refractivity contribution in [3.63, 3.8) is 0 Å². The lowest BCUT2D eigenvalue weighted by atomic mass is 10.2. The summed E-state index contributed by atoms with van der Waals surface area (Å²) in [5, 5.41) is 3.95. The van der Waals surface area contributed by atoms with Crippen LogP contribution in [-0.2, 0) is 0 Å². The number of carbonyl (C=O) groups is 1. The average Bonchev–Trinajstić information content (AvgIpc) is 2.89. The molecule has 0 radical (unpaired) electrons. The van der Waals surface area contributed by atoms with E-state index in [1.54, 1.807) is 11.3 Å². The second-order valence-corrected chi connectivity index (χ2v) is 6.03. The fraction of sp³-hybridized carbons (Fsp3) is 0.545. The molecule has 0 spiro atoms. The van der Waals surface area contributed by atoms with E-state index >= 15 is 0 Å². The summed E-state index contributed by atoms with van der Waals surface area (Å²) in [5.41, 5.74) is 1.25. The van der Waals surface area contributed by atoms with Crippen LogP contribution in [0.25, 0.3) is 0 Å². The van der Waals surface area contributed by atoms with E-state index in [4.69, 9.17) is 0 Å². The molecular formula is C11H14BrNOS. The molecule has 1 heterocycles. The van der Waals surface area contributed by atoms with Gasteiger partial charge in [-0.3, -0.25) is 4.79 Å². The molecule has 0 saturated heterocycles. The molecular weight excluding hydrogens is 274 g/mol. The highest BCUT2D eigenvalue weighted by molar-refractivity contribution is 9.09. The molecule has 82 valence electrons. The molecule has 1 amide bonds. The number of hydrogen-bond donors (Lipinski definition) is 1. The quantitative estimate of drug-likeness (QED) is 0.851. The van der Waals surface area contributed by atoms with Gasteiger partial charge in [-0.1, -0.05) is 15.9 Å². The van der Waals surface area contributed by atoms with Crippen molar-refractivity contribution in [2.24, 2.45) is 0 Å². The number of halogens is 1. The van der Waals surface area contributed by atoms with E-state index in [2.05, 4.69) is 21.2 Å². The predicted octanol–water partition coefficient (Wildman–Crippen LogP) is 3.02. The highest BCUT2D eigenvalue weighted by Crippen LogP contribution is 2.37. The molecule has 0 bridgehead atoms. The molecule has 1 fully saturated rings. The Morgan fingerprint density at radius 1 is 1.60 bits per heavy atom. The first-order valence-electron chi connectivity index (χ1n) is 5.02. The minimum atomic E-state index is 0.0445. The second kappa shape index (κ2) is 3.91. The lowest BCUT2D eigenvalue weighted by Crippen LogP contribution is -2.37. The van der Waals surface area contributed by atoms with Gasteiger partial charge in [0.05, 0.1) is 10.4 Å². The predicted molar refractivity (Wildman–Crippen MR) is 67.0 cm³/mol. The molecule has 0 atom stereocenters. The lowest BCUT2D eigenvalue weighted by molar-refractivity contribution is 0.0940. The Bertz CT molecular complexity index is 376. The minimum Gasteiger partial charge on any atom is -0.345 e. The normalized spacial score (nSPS) is 17.5. The van der Waals surface area contributed by atoms with Gasteiger partial charge in [0.1, 0.15) is 0 Å². The van der Waals surface area contributed by atoms with Gasteiger partial charge in [-0.05, 0) is 38.3 Å². The van der Waals surface area contributed by atoms with Crippen LogP contribution in [0.5, 0.6) is 0 Å². The van der Waals surface area contributed by atoms with Crippen LogP contribution in [-0.4, -0.2) is 16.8 Å². The van der Waals surface area contributed by atoms with Crippen LogP contribution in [0.15, 0.2) is 6.07 Å². The summed E-state index contributed by atoms with van der Waals surface area (Å²) in [6.45, 7) is 4.09. The van der Waals surface area contributed by atoms with Gasteiger partial charge in [-0.25, -0.2) is 0 Å². The monoisotopic (exact) mass is 287 g/mol. The van der Waals surface area contributed by atoms with E-state index in [0.29, 0.717) is 0 Å². The van der Waals surface area contributed by atoms with Crippen molar-refractivity contribution >= 4 is 33.2 Å². The summed E-state index contributed by atoms with van der Waals surface area (Å²) < 4.78 is 0. The number of nitrogens with one attached hydrogen (secondary N) is 1. The Morgan fingerprint density at radius 2 is 2.27 bits per heavy atom. The van der Waals surface area contributed by atoms with Gasteiger partial charge in [-0.15, -0.1) is 11.3 Å². The van der Waals surface area contributed by atoms with E-state index in [1.165, 1.54) is 10.4 Å². The third kappa shape index (κ3) is 2.26. The number of alkyl halides is 1. The zero-order chi connectivity index (χ0) is 11.1. The van der Waals surface area contributed by atoms with Crippen molar-refractivity contribution in [2.45, 2.75) is 32.2 Å². The summed E-state index contributed by atoms with van der Waals surface area (Å²) in [6, 6.07) is 1.97. The topological polar surface area (TPSA) is 29.1 Å². The van der Waals surface area contributed by atoms with Crippen molar-refractivity contribution in [1.82, 2.24) is 5.32 Å². The average molecular weight is 288 g/mol. The largest absolute Gasteiger partial charge is 0.345 e. The van der Waals surface area contributed by atoms with Gasteiger partial charge < -0.3 is 5.32 Å². The number of hydrogen-bond acceptors (Lipinski definition) is 2. The van der Waals surface area contributed by atoms with Gasteiger partial charge >= 0.3 is 0 Å². The Hall–Kier alpha value is -0.350. The smallest absolute Gasteiger partial charge is 0.261 e. The number of thiophene rings is 1. The molecule has 15 heavy (non-hydrogen) atoms. The van der Waals surface area contributed by atoms with Gasteiger partial charge in [0, 0.05) is 10.2 Å². The van der Waals surface area contributed by atoms with E-state index in [-0.39, 0.29) is 11.4 Å². The van der Waals surface area contributed by atoms with Crippen molar-refractivity contribution in [3.05, 3.63) is 21.4 Å². The maximum atomic E-state index is 11.9. The molecule has 1 aromatic rings. The summed E-state index contributed by atoms with van der Waals surface area (Å²) in [7, 11) is 0. The number of rotatable bonds is 3. The summed E-state index contributed by atoms with van der Waals surface area (Å²) >= 11 is 5.02. The molecule has 1 saturated carbocycles. The Labute approximate surface area is 102 Å². The molecule has 0 unspecified atom stereocenters. The van der Waals surface area contributed by atoms with Crippen LogP contribution in [0.3, 0.4) is 0 Å². The molecule has 2 nitrogen and oxygen atoms in total. The van der Waals surface area contributed by atoms with Crippen LogP contribution >= 0.6 is 27.3 Å². The fourth-order valence-electron chi connectivity index (χ4n) is 1.43. The number of amides is 1. The van der Waals surface area contributed by atoms with Crippen LogP contribution in [0.2, 0.25) is 0 Å². The van der Waals surface area contributed by atoms with E-state index < -0.39 is 0 Å². The molecule has 4 heteroatoms. The molecule has 1 aliphatic rings. The molecule has 2 rings (SSSR count). The van der Waals surface area contributed by atoms with Gasteiger partial charge in [0.15, 0.2) is 0 Å². The zero-order valence-corrected chi connectivity index (χ0v) is 11.3. The highest BCUT2D eigenvalue weighted by atomic mass is 79.9. The van der Waals surface area contributed by atoms with E-state index in [1.807, 2.05) is 19.9 Å². The van der Waals surface area contributed by atoms with E-state index in [9.17, 15) is 4.79 Å². The zero-order valence-electron chi connectivity index (χ0n) is 8.89. The molecule has 1 aliphatic carbocycles. The highest BCUT2D eigenvalue weighted by Gasteiger charge is 2.43. The van der Waals surface area contributed by atoms with Gasteiger partial charge in [0.2, 0.25) is 0 Å². The fourth-order valence-corrected chi connectivity index (χ4v) is 3.06. The van der Waals surface area contributed by atoms with Crippen LogP contribution in [0.1, 0.15) is 33.0 Å². The van der Waals surface area contributed by atoms with Crippen molar-refractivity contribution in [2.75, 3.05) is 5.33 Å². The Kier molecular flexibility index (Phi) is 2.90. The van der Waals surface area contributed by atoms with E-state index in [0.717, 1.165) is 23.0 Å². The first kappa shape index (κ1) is 11.1. The van der Waals surface area contributed by atoms with Crippen LogP contribution in [0, 0.1) is 13.8 Å². The third-order valence-corrected chi connectivity index (χ3v) is 5.10. The van der Waals surface area contributed by atoms with Crippen molar-refractivity contribution in [1.29, 1.82) is 0 Å². The van der Waals surface area contributed by atoms with Crippen molar-refractivity contribution < 1.29 is 4.79 Å². The number of aryl methyl sites for hydroxylation is 2. The standard InChI is InChI=1S/C11H14BrNOS/c1-7-5-9(15-8(7)2)10(14)13-11(6-12)3-4-11/h5H,3-4,6H2,1-2H3,(H,13,14). The SMILES string of the molecule is Cc1cc(C(=O)NC2(CBr)CC2)sc1C. The van der Waals surface area contributed by atoms with Gasteiger partial charge in [-0.2, -0.15) is 0 Å². The van der Waals surface area contributed by atoms with Gasteiger partial charge in [0.25, 0.3) is 5.91 Å². The lowest BCUT2D eigenvalue weighted by Gasteiger charge is -2.12. The number of carbonyl (C=O) groups excluding carboxylic acids is 1. The molecule has 1 N–H and O–H groups in total. The summed E-state index contributed by atoms with van der Waals surface area (Å²) in [5.74, 6) is 0.0770.